The van der Waals surface area contributed by atoms with Gasteiger partial charge in [-0.15, -0.1) is 11.8 Å². The largest absolute Gasteiger partial charge is 0.492 e. The van der Waals surface area contributed by atoms with E-state index in [2.05, 4.69) is 21.2 Å². The summed E-state index contributed by atoms with van der Waals surface area (Å²) in [6.45, 7) is 0.439. The number of nitrogens with one attached hydrogen (secondary N) is 1. The van der Waals surface area contributed by atoms with Gasteiger partial charge in [-0.3, -0.25) is 10.1 Å². The van der Waals surface area contributed by atoms with E-state index in [1.807, 2.05) is 0 Å². The zero-order valence-corrected chi connectivity index (χ0v) is 14.2. The predicted octanol–water partition coefficient (Wildman–Crippen LogP) is 3.64. The number of hydrogen-bond donors (Lipinski definition) is 2. The molecule has 0 radical (unpaired) electrons. The molecule has 0 aromatic heterocycles. The summed E-state index contributed by atoms with van der Waals surface area (Å²) in [5, 5.41) is 13.0. The van der Waals surface area contributed by atoms with Crippen LogP contribution in [0.4, 0.5) is 0 Å². The first-order valence-electron chi connectivity index (χ1n) is 5.85. The van der Waals surface area contributed by atoms with Crippen molar-refractivity contribution in [3.63, 3.8) is 0 Å². The molecule has 8 heteroatoms. The van der Waals surface area contributed by atoms with Gasteiger partial charge < -0.3 is 9.84 Å². The monoisotopic (exact) mass is 399 g/mol. The van der Waals surface area contributed by atoms with Crippen LogP contribution in [0.25, 0.3) is 0 Å². The summed E-state index contributed by atoms with van der Waals surface area (Å²) < 4.78 is 6.31. The van der Waals surface area contributed by atoms with Crippen LogP contribution in [-0.4, -0.2) is 34.9 Å². The van der Waals surface area contributed by atoms with Crippen LogP contribution in [-0.2, 0) is 4.79 Å². The third-order valence-electron chi connectivity index (χ3n) is 2.76. The number of halogens is 3. The van der Waals surface area contributed by atoms with Crippen molar-refractivity contribution in [1.29, 1.82) is 0 Å². The molecule has 20 heavy (non-hydrogen) atoms. The second-order valence-corrected chi connectivity index (χ2v) is 7.12. The van der Waals surface area contributed by atoms with E-state index in [0.29, 0.717) is 39.0 Å². The lowest BCUT2D eigenvalue weighted by Gasteiger charge is -2.13. The molecule has 0 aliphatic carbocycles. The summed E-state index contributed by atoms with van der Waals surface area (Å²) in [4.78, 5) is 10.8. The average Bonchev–Trinajstić information content (AvgIpc) is 2.84. The third-order valence-corrected chi connectivity index (χ3v) is 5.55. The number of benzene rings is 1. The molecule has 2 unspecified atom stereocenters. The predicted molar refractivity (Wildman–Crippen MR) is 85.1 cm³/mol. The maximum absolute atomic E-state index is 10.8. The molecule has 1 heterocycles. The van der Waals surface area contributed by atoms with Crippen molar-refractivity contribution in [1.82, 2.24) is 5.32 Å². The summed E-state index contributed by atoms with van der Waals surface area (Å²) >= 11 is 16.9. The van der Waals surface area contributed by atoms with E-state index < -0.39 is 12.0 Å². The molecule has 2 rings (SSSR count). The van der Waals surface area contributed by atoms with Crippen molar-refractivity contribution in [2.75, 3.05) is 12.4 Å². The lowest BCUT2D eigenvalue weighted by molar-refractivity contribution is -0.138. The number of carboxylic acids is 1. The summed E-state index contributed by atoms with van der Waals surface area (Å²) in [5.74, 6) is 0.284. The molecule has 1 aliphatic rings. The topological polar surface area (TPSA) is 58.6 Å². The van der Waals surface area contributed by atoms with E-state index in [1.54, 1.807) is 23.9 Å². The SMILES string of the molecule is O=C(O)C1CSC(CCOc2cc(Cl)c(Br)cc2Cl)N1. The molecule has 0 amide bonds. The quantitative estimate of drug-likeness (QED) is 0.739. The highest BCUT2D eigenvalue weighted by Crippen LogP contribution is 2.34. The van der Waals surface area contributed by atoms with Crippen molar-refractivity contribution in [3.8, 4) is 5.75 Å². The average molecular weight is 401 g/mol. The summed E-state index contributed by atoms with van der Waals surface area (Å²) in [7, 11) is 0. The Hall–Kier alpha value is -0.140. The number of thioether (sulfide) groups is 1. The van der Waals surface area contributed by atoms with Gasteiger partial charge in [0, 0.05) is 22.7 Å². The number of carbonyl (C=O) groups is 1. The zero-order chi connectivity index (χ0) is 14.7. The van der Waals surface area contributed by atoms with Gasteiger partial charge in [0.15, 0.2) is 0 Å². The minimum atomic E-state index is -0.816. The fourth-order valence-corrected chi connectivity index (χ4v) is 3.77. The first kappa shape index (κ1) is 16.2. The lowest BCUT2D eigenvalue weighted by Crippen LogP contribution is -2.37. The van der Waals surface area contributed by atoms with Gasteiger partial charge in [-0.25, -0.2) is 0 Å². The molecule has 1 aromatic carbocycles. The molecule has 1 aliphatic heterocycles. The smallest absolute Gasteiger partial charge is 0.321 e. The summed E-state index contributed by atoms with van der Waals surface area (Å²) in [6, 6.07) is 2.86. The Morgan fingerprint density at radius 2 is 2.25 bits per heavy atom. The standard InChI is InChI=1S/C12H12BrCl2NO3S/c13-6-3-8(15)10(4-7(6)14)19-2-1-11-16-9(5-20-11)12(17)18/h3-4,9,11,16H,1-2,5H2,(H,17,18). The normalized spacial score (nSPS) is 21.9. The second kappa shape index (κ2) is 7.22. The molecule has 0 bridgehead atoms. The van der Waals surface area contributed by atoms with E-state index in [4.69, 9.17) is 33.0 Å². The molecule has 2 atom stereocenters. The zero-order valence-electron chi connectivity index (χ0n) is 10.2. The maximum Gasteiger partial charge on any atom is 0.321 e. The van der Waals surface area contributed by atoms with Gasteiger partial charge in [0.2, 0.25) is 0 Å². The number of hydrogen-bond acceptors (Lipinski definition) is 4. The Balaban J connectivity index is 1.82. The summed E-state index contributed by atoms with van der Waals surface area (Å²) in [6.07, 6.45) is 0.693. The van der Waals surface area contributed by atoms with E-state index >= 15 is 0 Å². The Kier molecular flexibility index (Phi) is 5.86. The van der Waals surface area contributed by atoms with Crippen molar-refractivity contribution >= 4 is 56.9 Å². The van der Waals surface area contributed by atoms with Gasteiger partial charge in [0.1, 0.15) is 11.8 Å². The fraction of sp³-hybridized carbons (Fsp3) is 0.417. The van der Waals surface area contributed by atoms with Crippen LogP contribution < -0.4 is 10.1 Å². The van der Waals surface area contributed by atoms with Gasteiger partial charge in [-0.2, -0.15) is 0 Å². The molecule has 0 saturated carbocycles. The van der Waals surface area contributed by atoms with E-state index in [0.717, 1.165) is 0 Å². The molecule has 1 fully saturated rings. The van der Waals surface area contributed by atoms with Crippen molar-refractivity contribution in [2.24, 2.45) is 0 Å². The van der Waals surface area contributed by atoms with Crippen LogP contribution in [0.2, 0.25) is 10.0 Å². The minimum Gasteiger partial charge on any atom is -0.492 e. The first-order valence-corrected chi connectivity index (χ1v) is 8.45. The third kappa shape index (κ3) is 4.18. The van der Waals surface area contributed by atoms with Crippen LogP contribution in [0.1, 0.15) is 6.42 Å². The van der Waals surface area contributed by atoms with Crippen LogP contribution in [0.5, 0.6) is 5.75 Å². The second-order valence-electron chi connectivity index (χ2n) is 4.21. The van der Waals surface area contributed by atoms with Gasteiger partial charge in [-0.1, -0.05) is 23.2 Å². The molecule has 110 valence electrons. The van der Waals surface area contributed by atoms with E-state index in [9.17, 15) is 4.79 Å². The van der Waals surface area contributed by atoms with Crippen LogP contribution in [0, 0.1) is 0 Å². The number of ether oxygens (including phenoxy) is 1. The van der Waals surface area contributed by atoms with Crippen molar-refractivity contribution in [3.05, 3.63) is 26.7 Å². The molecule has 4 nitrogen and oxygen atoms in total. The van der Waals surface area contributed by atoms with Crippen LogP contribution >= 0.6 is 50.9 Å². The van der Waals surface area contributed by atoms with Gasteiger partial charge >= 0.3 is 5.97 Å². The van der Waals surface area contributed by atoms with Crippen molar-refractivity contribution < 1.29 is 14.6 Å². The molecule has 2 N–H and O–H groups in total. The first-order chi connectivity index (χ1) is 9.47. The molecule has 1 saturated heterocycles. The van der Waals surface area contributed by atoms with Crippen molar-refractivity contribution in [2.45, 2.75) is 17.8 Å². The lowest BCUT2D eigenvalue weighted by atomic mass is 10.3. The Morgan fingerprint density at radius 1 is 1.50 bits per heavy atom. The fourth-order valence-electron chi connectivity index (χ4n) is 1.73. The highest BCUT2D eigenvalue weighted by Gasteiger charge is 2.29. The molecule has 0 spiro atoms. The minimum absolute atomic E-state index is 0.0841. The number of carboxylic acid groups (broad SMARTS) is 1. The Bertz CT molecular complexity index is 518. The highest BCUT2D eigenvalue weighted by molar-refractivity contribution is 9.10. The molecule has 1 aromatic rings. The Morgan fingerprint density at radius 3 is 2.90 bits per heavy atom. The number of rotatable bonds is 5. The molecular weight excluding hydrogens is 389 g/mol. The van der Waals surface area contributed by atoms with Gasteiger partial charge in [0.05, 0.1) is 22.0 Å². The maximum atomic E-state index is 10.8. The van der Waals surface area contributed by atoms with Gasteiger partial charge in [0.25, 0.3) is 0 Å². The highest BCUT2D eigenvalue weighted by atomic mass is 79.9. The summed E-state index contributed by atoms with van der Waals surface area (Å²) in [5.41, 5.74) is 0. The van der Waals surface area contributed by atoms with E-state index in [-0.39, 0.29) is 5.37 Å². The van der Waals surface area contributed by atoms with Crippen LogP contribution in [0.3, 0.4) is 0 Å². The Labute approximate surface area is 139 Å². The van der Waals surface area contributed by atoms with E-state index in [1.165, 1.54) is 0 Å². The molecular formula is C12H12BrCl2NO3S. The number of aliphatic carboxylic acids is 1. The van der Waals surface area contributed by atoms with Gasteiger partial charge in [-0.05, 0) is 22.0 Å². The van der Waals surface area contributed by atoms with Crippen LogP contribution in [0.15, 0.2) is 16.6 Å².